The average molecular weight is 267 g/mol. The van der Waals surface area contributed by atoms with E-state index in [0.29, 0.717) is 11.8 Å². The number of hydrogen-bond donors (Lipinski definition) is 1. The van der Waals surface area contributed by atoms with E-state index in [1.807, 2.05) is 13.1 Å². The Kier molecular flexibility index (Phi) is 7.21. The highest BCUT2D eigenvalue weighted by atomic mass is 32.2. The topological polar surface area (TPSA) is 29.1 Å². The molecular weight excluding hydrogens is 242 g/mol. The molecule has 2 unspecified atom stereocenters. The molecule has 1 aromatic carbocycles. The van der Waals surface area contributed by atoms with Crippen molar-refractivity contribution >= 4 is 10.8 Å². The molecule has 1 aromatic rings. The van der Waals surface area contributed by atoms with Crippen molar-refractivity contribution < 1.29 is 4.21 Å². The summed E-state index contributed by atoms with van der Waals surface area (Å²) in [5.74, 6) is 1.50. The third kappa shape index (κ3) is 5.78. The van der Waals surface area contributed by atoms with Gasteiger partial charge in [0.05, 0.1) is 0 Å². The number of nitrogens with one attached hydrogen (secondary N) is 1. The minimum absolute atomic E-state index is 0.570. The molecular formula is C15H25NOS. The van der Waals surface area contributed by atoms with E-state index in [0.717, 1.165) is 25.0 Å². The smallest absolute Gasteiger partial charge is 0.0485 e. The van der Waals surface area contributed by atoms with Gasteiger partial charge in [-0.1, -0.05) is 36.8 Å². The van der Waals surface area contributed by atoms with Gasteiger partial charge in [-0.05, 0) is 38.8 Å². The molecule has 0 fully saturated rings. The van der Waals surface area contributed by atoms with Crippen LogP contribution in [-0.2, 0) is 16.6 Å². The first-order chi connectivity index (χ1) is 8.65. The highest BCUT2D eigenvalue weighted by Crippen LogP contribution is 2.09. The minimum atomic E-state index is -0.727. The molecule has 0 aromatic heterocycles. The first-order valence-corrected chi connectivity index (χ1v) is 8.22. The molecule has 0 saturated heterocycles. The Labute approximate surface area is 114 Å². The van der Waals surface area contributed by atoms with E-state index >= 15 is 0 Å². The average Bonchev–Trinajstić information content (AvgIpc) is 2.34. The highest BCUT2D eigenvalue weighted by Gasteiger charge is 2.06. The molecule has 0 bridgehead atoms. The fourth-order valence-electron chi connectivity index (χ4n) is 2.10. The van der Waals surface area contributed by atoms with Crippen molar-refractivity contribution in [1.29, 1.82) is 0 Å². The lowest BCUT2D eigenvalue weighted by Gasteiger charge is -2.12. The van der Waals surface area contributed by atoms with E-state index < -0.39 is 10.8 Å². The standard InChI is InChI=1S/C15H25NOS/c1-4-15(16-3)9-6-10-18(17)12-14-8-5-7-13(2)11-14/h5,7-8,11,15-16H,4,6,9-10,12H2,1-3H3. The minimum Gasteiger partial charge on any atom is -0.317 e. The van der Waals surface area contributed by atoms with Crippen LogP contribution < -0.4 is 5.32 Å². The van der Waals surface area contributed by atoms with Crippen molar-refractivity contribution in [2.45, 2.75) is 44.9 Å². The summed E-state index contributed by atoms with van der Waals surface area (Å²) in [7, 11) is 1.27. The molecule has 1 rings (SSSR count). The Bertz CT molecular complexity index is 375. The maximum absolute atomic E-state index is 12.0. The summed E-state index contributed by atoms with van der Waals surface area (Å²) in [6.45, 7) is 4.26. The van der Waals surface area contributed by atoms with Crippen molar-refractivity contribution in [3.63, 3.8) is 0 Å². The molecule has 0 spiro atoms. The zero-order valence-corrected chi connectivity index (χ0v) is 12.6. The lowest BCUT2D eigenvalue weighted by atomic mass is 10.1. The molecule has 0 aliphatic carbocycles. The number of benzene rings is 1. The fourth-order valence-corrected chi connectivity index (χ4v) is 3.29. The van der Waals surface area contributed by atoms with Crippen LogP contribution in [0.25, 0.3) is 0 Å². The van der Waals surface area contributed by atoms with Crippen LogP contribution in [0.3, 0.4) is 0 Å². The van der Waals surface area contributed by atoms with E-state index in [9.17, 15) is 4.21 Å². The van der Waals surface area contributed by atoms with E-state index in [1.54, 1.807) is 0 Å². The van der Waals surface area contributed by atoms with Gasteiger partial charge in [0.15, 0.2) is 0 Å². The van der Waals surface area contributed by atoms with Gasteiger partial charge in [-0.3, -0.25) is 4.21 Å². The van der Waals surface area contributed by atoms with Crippen LogP contribution in [0.4, 0.5) is 0 Å². The summed E-state index contributed by atoms with van der Waals surface area (Å²) in [6.07, 6.45) is 3.30. The quantitative estimate of drug-likeness (QED) is 0.784. The van der Waals surface area contributed by atoms with Crippen molar-refractivity contribution in [1.82, 2.24) is 5.32 Å². The molecule has 0 saturated carbocycles. The SMILES string of the molecule is CCC(CCCS(=O)Cc1cccc(C)c1)NC. The number of rotatable bonds is 8. The Balaban J connectivity index is 2.29. The molecule has 0 heterocycles. The molecule has 0 aliphatic heterocycles. The molecule has 18 heavy (non-hydrogen) atoms. The third-order valence-electron chi connectivity index (χ3n) is 3.24. The van der Waals surface area contributed by atoms with Gasteiger partial charge in [-0.2, -0.15) is 0 Å². The van der Waals surface area contributed by atoms with Crippen LogP contribution in [0.2, 0.25) is 0 Å². The molecule has 0 amide bonds. The Morgan fingerprint density at radius 2 is 2.17 bits per heavy atom. The van der Waals surface area contributed by atoms with Gasteiger partial charge in [0, 0.05) is 28.3 Å². The van der Waals surface area contributed by atoms with Crippen LogP contribution in [0, 0.1) is 6.92 Å². The third-order valence-corrected chi connectivity index (χ3v) is 4.64. The van der Waals surface area contributed by atoms with Gasteiger partial charge < -0.3 is 5.32 Å². The summed E-state index contributed by atoms with van der Waals surface area (Å²) in [5.41, 5.74) is 2.43. The summed E-state index contributed by atoms with van der Waals surface area (Å²) >= 11 is 0. The van der Waals surface area contributed by atoms with E-state index in [1.165, 1.54) is 11.1 Å². The van der Waals surface area contributed by atoms with Gasteiger partial charge in [-0.15, -0.1) is 0 Å². The first-order valence-electron chi connectivity index (χ1n) is 6.73. The molecule has 0 aliphatic rings. The van der Waals surface area contributed by atoms with Crippen LogP contribution in [-0.4, -0.2) is 23.1 Å². The second-order valence-corrected chi connectivity index (χ2v) is 6.39. The Morgan fingerprint density at radius 3 is 2.78 bits per heavy atom. The Morgan fingerprint density at radius 1 is 1.39 bits per heavy atom. The Hall–Kier alpha value is -0.670. The van der Waals surface area contributed by atoms with Gasteiger partial charge in [-0.25, -0.2) is 0 Å². The fraction of sp³-hybridized carbons (Fsp3) is 0.600. The monoisotopic (exact) mass is 267 g/mol. The van der Waals surface area contributed by atoms with Crippen molar-refractivity contribution in [2.75, 3.05) is 12.8 Å². The van der Waals surface area contributed by atoms with Crippen molar-refractivity contribution in [2.24, 2.45) is 0 Å². The zero-order valence-electron chi connectivity index (χ0n) is 11.7. The van der Waals surface area contributed by atoms with Crippen LogP contribution >= 0.6 is 0 Å². The van der Waals surface area contributed by atoms with Crippen LogP contribution in [0.5, 0.6) is 0 Å². The van der Waals surface area contributed by atoms with E-state index in [2.05, 4.69) is 37.4 Å². The molecule has 3 heteroatoms. The predicted octanol–water partition coefficient (Wildman–Crippen LogP) is 3.02. The maximum Gasteiger partial charge on any atom is 0.0485 e. The summed E-state index contributed by atoms with van der Waals surface area (Å²) < 4.78 is 12.0. The van der Waals surface area contributed by atoms with Crippen LogP contribution in [0.15, 0.2) is 24.3 Å². The summed E-state index contributed by atoms with van der Waals surface area (Å²) in [4.78, 5) is 0. The lowest BCUT2D eigenvalue weighted by Crippen LogP contribution is -2.24. The summed E-state index contributed by atoms with van der Waals surface area (Å²) in [6, 6.07) is 8.87. The molecule has 2 atom stereocenters. The second-order valence-electron chi connectivity index (χ2n) is 4.81. The lowest BCUT2D eigenvalue weighted by molar-refractivity contribution is 0.503. The molecule has 0 radical (unpaired) electrons. The normalized spacial score (nSPS) is 14.4. The molecule has 102 valence electrons. The zero-order chi connectivity index (χ0) is 13.4. The van der Waals surface area contributed by atoms with Gasteiger partial charge in [0.2, 0.25) is 0 Å². The first kappa shape index (κ1) is 15.4. The summed E-state index contributed by atoms with van der Waals surface area (Å²) in [5, 5.41) is 3.28. The number of aryl methyl sites for hydroxylation is 1. The van der Waals surface area contributed by atoms with Gasteiger partial charge in [0.25, 0.3) is 0 Å². The van der Waals surface area contributed by atoms with Crippen molar-refractivity contribution in [3.05, 3.63) is 35.4 Å². The maximum atomic E-state index is 12.0. The second kappa shape index (κ2) is 8.44. The van der Waals surface area contributed by atoms with Gasteiger partial charge in [0.1, 0.15) is 0 Å². The molecule has 1 N–H and O–H groups in total. The highest BCUT2D eigenvalue weighted by molar-refractivity contribution is 7.84. The van der Waals surface area contributed by atoms with Crippen molar-refractivity contribution in [3.8, 4) is 0 Å². The largest absolute Gasteiger partial charge is 0.317 e. The van der Waals surface area contributed by atoms with E-state index in [4.69, 9.17) is 0 Å². The number of hydrogen-bond acceptors (Lipinski definition) is 2. The van der Waals surface area contributed by atoms with E-state index in [-0.39, 0.29) is 0 Å². The van der Waals surface area contributed by atoms with Crippen LogP contribution in [0.1, 0.15) is 37.3 Å². The van der Waals surface area contributed by atoms with Gasteiger partial charge >= 0.3 is 0 Å². The molecule has 2 nitrogen and oxygen atoms in total. The predicted molar refractivity (Wildman–Crippen MR) is 80.3 cm³/mol.